The standard InChI is InChI=1S/C16H12IN3O2S/c1-22-14-7-4-11(8-13(14)17)15(21)20-16(23)19-12-5-2-10(9-18)3-6-12/h2-8H,1H3,(H2,19,20,21,23). The quantitative estimate of drug-likeness (QED) is 0.570. The topological polar surface area (TPSA) is 74.2 Å². The Bertz CT molecular complexity index is 785. The minimum atomic E-state index is -0.309. The van der Waals surface area contributed by atoms with Gasteiger partial charge in [0.15, 0.2) is 5.11 Å². The van der Waals surface area contributed by atoms with Crippen LogP contribution in [0, 0.1) is 14.9 Å². The maximum absolute atomic E-state index is 12.2. The predicted molar refractivity (Wildman–Crippen MR) is 101 cm³/mol. The third-order valence-electron chi connectivity index (χ3n) is 2.91. The Hall–Kier alpha value is -2.18. The van der Waals surface area contributed by atoms with Gasteiger partial charge in [-0.05, 0) is 77.3 Å². The molecule has 0 radical (unpaired) electrons. The van der Waals surface area contributed by atoms with Crippen LogP contribution >= 0.6 is 34.8 Å². The second-order valence-electron chi connectivity index (χ2n) is 4.45. The number of hydrogen-bond acceptors (Lipinski definition) is 4. The van der Waals surface area contributed by atoms with Gasteiger partial charge in [0.25, 0.3) is 5.91 Å². The molecule has 7 heteroatoms. The number of amides is 1. The number of benzene rings is 2. The second kappa shape index (κ2) is 7.89. The van der Waals surface area contributed by atoms with Crippen molar-refractivity contribution in [2.75, 3.05) is 12.4 Å². The van der Waals surface area contributed by atoms with Gasteiger partial charge in [0.1, 0.15) is 5.75 Å². The Morgan fingerprint density at radius 1 is 1.26 bits per heavy atom. The highest BCUT2D eigenvalue weighted by molar-refractivity contribution is 14.1. The highest BCUT2D eigenvalue weighted by atomic mass is 127. The molecule has 0 aromatic heterocycles. The van der Waals surface area contributed by atoms with Gasteiger partial charge >= 0.3 is 0 Å². The summed E-state index contributed by atoms with van der Waals surface area (Å²) in [5, 5.41) is 14.4. The van der Waals surface area contributed by atoms with Gasteiger partial charge in [-0.1, -0.05) is 0 Å². The highest BCUT2D eigenvalue weighted by Crippen LogP contribution is 2.21. The van der Waals surface area contributed by atoms with Crippen LogP contribution in [0.1, 0.15) is 15.9 Å². The fourth-order valence-electron chi connectivity index (χ4n) is 1.77. The molecule has 0 fully saturated rings. The molecule has 1 amide bonds. The summed E-state index contributed by atoms with van der Waals surface area (Å²) in [7, 11) is 1.58. The summed E-state index contributed by atoms with van der Waals surface area (Å²) in [4.78, 5) is 12.2. The molecule has 5 nitrogen and oxygen atoms in total. The molecule has 116 valence electrons. The summed E-state index contributed by atoms with van der Waals surface area (Å²) in [6, 6.07) is 13.9. The minimum absolute atomic E-state index is 0.186. The van der Waals surface area contributed by atoms with Crippen molar-refractivity contribution >= 4 is 51.5 Å². The number of hydrogen-bond donors (Lipinski definition) is 2. The maximum Gasteiger partial charge on any atom is 0.257 e. The molecule has 0 spiro atoms. The van der Waals surface area contributed by atoms with Gasteiger partial charge in [-0.2, -0.15) is 5.26 Å². The fourth-order valence-corrected chi connectivity index (χ4v) is 2.72. The van der Waals surface area contributed by atoms with Gasteiger partial charge in [-0.25, -0.2) is 0 Å². The summed E-state index contributed by atoms with van der Waals surface area (Å²) < 4.78 is 6.00. The maximum atomic E-state index is 12.2. The molecular formula is C16H12IN3O2S. The molecular weight excluding hydrogens is 425 g/mol. The van der Waals surface area contributed by atoms with Crippen molar-refractivity contribution in [1.29, 1.82) is 5.26 Å². The lowest BCUT2D eigenvalue weighted by Crippen LogP contribution is -2.34. The van der Waals surface area contributed by atoms with E-state index in [0.717, 1.165) is 3.57 Å². The number of halogens is 1. The molecule has 0 unspecified atom stereocenters. The van der Waals surface area contributed by atoms with Gasteiger partial charge in [0, 0.05) is 11.3 Å². The minimum Gasteiger partial charge on any atom is -0.496 e. The highest BCUT2D eigenvalue weighted by Gasteiger charge is 2.10. The molecule has 2 N–H and O–H groups in total. The summed E-state index contributed by atoms with van der Waals surface area (Å²) in [6.07, 6.45) is 0. The number of carbonyl (C=O) groups excluding carboxylic acids is 1. The SMILES string of the molecule is COc1ccc(C(=O)NC(=S)Nc2ccc(C#N)cc2)cc1I. The number of nitriles is 1. The van der Waals surface area contributed by atoms with Gasteiger partial charge in [0.2, 0.25) is 0 Å². The number of nitrogens with one attached hydrogen (secondary N) is 2. The van der Waals surface area contributed by atoms with Crippen LogP contribution in [0.2, 0.25) is 0 Å². The van der Waals surface area contributed by atoms with Crippen molar-refractivity contribution in [1.82, 2.24) is 5.32 Å². The molecule has 0 saturated carbocycles. The normalized spacial score (nSPS) is 9.61. The van der Waals surface area contributed by atoms with E-state index >= 15 is 0 Å². The first-order valence-corrected chi connectivity index (χ1v) is 7.98. The van der Waals surface area contributed by atoms with Crippen LogP contribution in [0.4, 0.5) is 5.69 Å². The monoisotopic (exact) mass is 437 g/mol. The fraction of sp³-hybridized carbons (Fsp3) is 0.0625. The summed E-state index contributed by atoms with van der Waals surface area (Å²) >= 11 is 7.22. The summed E-state index contributed by atoms with van der Waals surface area (Å²) in [6.45, 7) is 0. The van der Waals surface area contributed by atoms with Crippen LogP contribution < -0.4 is 15.4 Å². The first kappa shape index (κ1) is 17.2. The lowest BCUT2D eigenvalue weighted by atomic mass is 10.2. The van der Waals surface area contributed by atoms with Crippen molar-refractivity contribution in [3.8, 4) is 11.8 Å². The molecule has 2 aromatic rings. The van der Waals surface area contributed by atoms with Crippen molar-refractivity contribution in [2.45, 2.75) is 0 Å². The Morgan fingerprint density at radius 3 is 2.52 bits per heavy atom. The van der Waals surface area contributed by atoms with Gasteiger partial charge in [-0.15, -0.1) is 0 Å². The molecule has 0 aliphatic heterocycles. The molecule has 2 aromatic carbocycles. The van der Waals surface area contributed by atoms with Crippen LogP contribution in [-0.4, -0.2) is 18.1 Å². The Kier molecular flexibility index (Phi) is 5.90. The zero-order valence-corrected chi connectivity index (χ0v) is 15.1. The van der Waals surface area contributed by atoms with E-state index in [1.165, 1.54) is 0 Å². The van der Waals surface area contributed by atoms with E-state index in [1.807, 2.05) is 6.07 Å². The van der Waals surface area contributed by atoms with Crippen molar-refractivity contribution < 1.29 is 9.53 Å². The van der Waals surface area contributed by atoms with Crippen molar-refractivity contribution in [3.63, 3.8) is 0 Å². The Labute approximate surface area is 152 Å². The van der Waals surface area contributed by atoms with E-state index in [-0.39, 0.29) is 11.0 Å². The van der Waals surface area contributed by atoms with Crippen LogP contribution in [-0.2, 0) is 0 Å². The smallest absolute Gasteiger partial charge is 0.257 e. The number of nitrogens with zero attached hydrogens (tertiary/aromatic N) is 1. The third kappa shape index (κ3) is 4.64. The van der Waals surface area contributed by atoms with E-state index in [9.17, 15) is 4.79 Å². The first-order valence-electron chi connectivity index (χ1n) is 6.49. The predicted octanol–water partition coefficient (Wildman–Crippen LogP) is 3.30. The zero-order chi connectivity index (χ0) is 16.8. The molecule has 0 bridgehead atoms. The number of rotatable bonds is 3. The molecule has 0 atom stereocenters. The van der Waals surface area contributed by atoms with Crippen LogP contribution in [0.3, 0.4) is 0 Å². The van der Waals surface area contributed by atoms with Gasteiger partial charge in [0.05, 0.1) is 22.3 Å². The largest absolute Gasteiger partial charge is 0.496 e. The van der Waals surface area contributed by atoms with Crippen molar-refractivity contribution in [2.24, 2.45) is 0 Å². The van der Waals surface area contributed by atoms with Crippen LogP contribution in [0.15, 0.2) is 42.5 Å². The van der Waals surface area contributed by atoms with Crippen LogP contribution in [0.5, 0.6) is 5.75 Å². The molecule has 0 aliphatic rings. The number of ether oxygens (including phenoxy) is 1. The van der Waals surface area contributed by atoms with Gasteiger partial charge < -0.3 is 10.1 Å². The number of carbonyl (C=O) groups is 1. The zero-order valence-electron chi connectivity index (χ0n) is 12.1. The van der Waals surface area contributed by atoms with E-state index in [2.05, 4.69) is 33.2 Å². The molecule has 0 heterocycles. The van der Waals surface area contributed by atoms with Crippen molar-refractivity contribution in [3.05, 3.63) is 57.2 Å². The number of anilines is 1. The summed E-state index contributed by atoms with van der Waals surface area (Å²) in [5.41, 5.74) is 1.73. The average Bonchev–Trinajstić information content (AvgIpc) is 2.55. The Morgan fingerprint density at radius 2 is 1.96 bits per heavy atom. The lowest BCUT2D eigenvalue weighted by molar-refractivity contribution is 0.0977. The van der Waals surface area contributed by atoms with E-state index < -0.39 is 0 Å². The first-order chi connectivity index (χ1) is 11.0. The summed E-state index contributed by atoms with van der Waals surface area (Å²) in [5.74, 6) is 0.400. The third-order valence-corrected chi connectivity index (χ3v) is 3.96. The van der Waals surface area contributed by atoms with Crippen LogP contribution in [0.25, 0.3) is 0 Å². The molecule has 0 saturated heterocycles. The second-order valence-corrected chi connectivity index (χ2v) is 6.02. The number of methoxy groups -OCH3 is 1. The lowest BCUT2D eigenvalue weighted by Gasteiger charge is -2.10. The van der Waals surface area contributed by atoms with Gasteiger partial charge in [-0.3, -0.25) is 10.1 Å². The Balaban J connectivity index is 2.00. The average molecular weight is 437 g/mol. The molecule has 0 aliphatic carbocycles. The number of thiocarbonyl (C=S) groups is 1. The molecule has 2 rings (SSSR count). The molecule has 23 heavy (non-hydrogen) atoms. The van der Waals surface area contributed by atoms with E-state index in [4.69, 9.17) is 22.2 Å². The van der Waals surface area contributed by atoms with E-state index in [0.29, 0.717) is 22.6 Å². The van der Waals surface area contributed by atoms with E-state index in [1.54, 1.807) is 49.6 Å².